The summed E-state index contributed by atoms with van der Waals surface area (Å²) in [6.45, 7) is 1.14. The third-order valence-electron chi connectivity index (χ3n) is 4.96. The van der Waals surface area contributed by atoms with E-state index in [9.17, 15) is 8.42 Å². The van der Waals surface area contributed by atoms with Crippen LogP contribution in [0, 0.1) is 0 Å². The summed E-state index contributed by atoms with van der Waals surface area (Å²) in [6, 6.07) is 14.5. The van der Waals surface area contributed by atoms with E-state index in [2.05, 4.69) is 10.2 Å². The van der Waals surface area contributed by atoms with Crippen LogP contribution in [0.2, 0.25) is 0 Å². The lowest BCUT2D eigenvalue weighted by molar-refractivity contribution is 0.346. The molecule has 0 aliphatic carbocycles. The highest BCUT2D eigenvalue weighted by Gasteiger charge is 2.26. The van der Waals surface area contributed by atoms with Gasteiger partial charge in [-0.15, -0.1) is 10.2 Å². The Morgan fingerprint density at radius 1 is 1.07 bits per heavy atom. The van der Waals surface area contributed by atoms with E-state index in [-0.39, 0.29) is 4.90 Å². The molecule has 2 aromatic carbocycles. The number of aromatic nitrogens is 2. The minimum atomic E-state index is -3.51. The number of sulfonamides is 1. The first-order valence-electron chi connectivity index (χ1n) is 9.76. The van der Waals surface area contributed by atoms with Crippen molar-refractivity contribution in [2.75, 3.05) is 20.2 Å². The summed E-state index contributed by atoms with van der Waals surface area (Å²) in [5.74, 6) is 1.79. The average molecular weight is 446 g/mol. The first kappa shape index (κ1) is 20.9. The largest absolute Gasteiger partial charge is 0.497 e. The Bertz CT molecular complexity index is 1090. The van der Waals surface area contributed by atoms with Crippen molar-refractivity contribution in [2.24, 2.45) is 0 Å². The second-order valence-corrected chi connectivity index (χ2v) is 9.87. The third kappa shape index (κ3) is 4.69. The zero-order valence-corrected chi connectivity index (χ0v) is 18.3. The van der Waals surface area contributed by atoms with E-state index >= 15 is 0 Å². The minimum absolute atomic E-state index is 0.257. The van der Waals surface area contributed by atoms with Crippen molar-refractivity contribution in [3.05, 3.63) is 54.1 Å². The first-order chi connectivity index (χ1) is 14.6. The summed E-state index contributed by atoms with van der Waals surface area (Å²) in [4.78, 5) is 0.257. The molecule has 30 heavy (non-hydrogen) atoms. The Morgan fingerprint density at radius 2 is 1.83 bits per heavy atom. The van der Waals surface area contributed by atoms with Gasteiger partial charge in [-0.2, -0.15) is 4.31 Å². The molecule has 1 saturated heterocycles. The van der Waals surface area contributed by atoms with E-state index in [0.29, 0.717) is 35.5 Å². The maximum Gasteiger partial charge on any atom is 0.277 e. The van der Waals surface area contributed by atoms with Gasteiger partial charge in [0.15, 0.2) is 0 Å². The molecular formula is C21H23N3O4S2. The summed E-state index contributed by atoms with van der Waals surface area (Å²) in [5.41, 5.74) is 1.70. The maximum atomic E-state index is 12.9. The smallest absolute Gasteiger partial charge is 0.277 e. The highest BCUT2D eigenvalue weighted by Crippen LogP contribution is 2.28. The van der Waals surface area contributed by atoms with Gasteiger partial charge in [0, 0.05) is 24.4 Å². The van der Waals surface area contributed by atoms with Crippen LogP contribution >= 0.6 is 11.8 Å². The van der Waals surface area contributed by atoms with Gasteiger partial charge >= 0.3 is 0 Å². The number of thioether (sulfide) groups is 1. The molecule has 0 atom stereocenters. The molecule has 0 unspecified atom stereocenters. The molecule has 0 saturated carbocycles. The Hall–Kier alpha value is -2.36. The Kier molecular flexibility index (Phi) is 6.40. The molecule has 0 bridgehead atoms. The lowest BCUT2D eigenvalue weighted by atomic mass is 10.2. The van der Waals surface area contributed by atoms with Crippen molar-refractivity contribution < 1.29 is 17.6 Å². The van der Waals surface area contributed by atoms with Gasteiger partial charge in [0.1, 0.15) is 5.75 Å². The molecule has 0 spiro atoms. The normalized spacial score (nSPS) is 15.2. The highest BCUT2D eigenvalue weighted by atomic mass is 32.2. The Morgan fingerprint density at radius 3 is 2.57 bits per heavy atom. The van der Waals surface area contributed by atoms with Gasteiger partial charge < -0.3 is 9.15 Å². The zero-order chi connectivity index (χ0) is 21.0. The van der Waals surface area contributed by atoms with Crippen LogP contribution in [0.1, 0.15) is 24.8 Å². The Labute approximate surface area is 180 Å². The lowest BCUT2D eigenvalue weighted by Gasteiger charge is -2.25. The molecule has 7 nitrogen and oxygen atoms in total. The molecule has 1 aliphatic rings. The summed E-state index contributed by atoms with van der Waals surface area (Å²) in [5, 5.41) is 8.62. The fraction of sp³-hybridized carbons (Fsp3) is 0.333. The van der Waals surface area contributed by atoms with Crippen LogP contribution in [0.15, 0.2) is 63.1 Å². The second kappa shape index (κ2) is 9.20. The molecule has 9 heteroatoms. The van der Waals surface area contributed by atoms with Gasteiger partial charge in [-0.25, -0.2) is 8.42 Å². The monoisotopic (exact) mass is 445 g/mol. The van der Waals surface area contributed by atoms with Crippen molar-refractivity contribution >= 4 is 21.8 Å². The summed E-state index contributed by atoms with van der Waals surface area (Å²) < 4.78 is 38.3. The van der Waals surface area contributed by atoms with Crippen molar-refractivity contribution in [1.29, 1.82) is 0 Å². The number of hydrogen-bond donors (Lipinski definition) is 0. The number of rotatable bonds is 7. The summed E-state index contributed by atoms with van der Waals surface area (Å²) in [7, 11) is -1.87. The number of piperidine rings is 1. The van der Waals surface area contributed by atoms with Crippen LogP contribution in [0.4, 0.5) is 0 Å². The van der Waals surface area contributed by atoms with Crippen molar-refractivity contribution in [3.8, 4) is 17.2 Å². The summed E-state index contributed by atoms with van der Waals surface area (Å²) in [6.07, 6.45) is 2.87. The van der Waals surface area contributed by atoms with Crippen LogP contribution in [0.25, 0.3) is 11.5 Å². The molecule has 4 rings (SSSR count). The van der Waals surface area contributed by atoms with Gasteiger partial charge in [-0.1, -0.05) is 36.4 Å². The van der Waals surface area contributed by atoms with E-state index < -0.39 is 10.0 Å². The predicted octanol–water partition coefficient (Wildman–Crippen LogP) is 4.21. The molecular weight excluding hydrogens is 422 g/mol. The fourth-order valence-electron chi connectivity index (χ4n) is 3.30. The van der Waals surface area contributed by atoms with Gasteiger partial charge in [0.05, 0.1) is 12.0 Å². The predicted molar refractivity (Wildman–Crippen MR) is 115 cm³/mol. The number of methoxy groups -OCH3 is 1. The van der Waals surface area contributed by atoms with Crippen LogP contribution in [-0.4, -0.2) is 43.1 Å². The van der Waals surface area contributed by atoms with Crippen LogP contribution in [0.3, 0.4) is 0 Å². The SMILES string of the molecule is COc1ccc(CSc2nnc(-c3cccc(S(=O)(=O)N4CCCCC4)c3)o2)cc1. The van der Waals surface area contributed by atoms with E-state index in [0.717, 1.165) is 30.6 Å². The van der Waals surface area contributed by atoms with E-state index in [1.165, 1.54) is 11.8 Å². The molecule has 158 valence electrons. The number of ether oxygens (including phenoxy) is 1. The molecule has 0 amide bonds. The molecule has 1 aromatic heterocycles. The quantitative estimate of drug-likeness (QED) is 0.504. The molecule has 1 fully saturated rings. The van der Waals surface area contributed by atoms with Crippen LogP contribution in [0.5, 0.6) is 5.75 Å². The van der Waals surface area contributed by atoms with E-state index in [1.807, 2.05) is 24.3 Å². The Balaban J connectivity index is 1.47. The van der Waals surface area contributed by atoms with Gasteiger partial charge in [-0.3, -0.25) is 0 Å². The number of nitrogens with zero attached hydrogens (tertiary/aromatic N) is 3. The molecule has 2 heterocycles. The topological polar surface area (TPSA) is 85.5 Å². The van der Waals surface area contributed by atoms with Crippen LogP contribution in [-0.2, 0) is 15.8 Å². The fourth-order valence-corrected chi connectivity index (χ4v) is 5.58. The number of benzene rings is 2. The molecule has 1 aliphatic heterocycles. The molecule has 0 radical (unpaired) electrons. The molecule has 3 aromatic rings. The maximum absolute atomic E-state index is 12.9. The third-order valence-corrected chi connectivity index (χ3v) is 7.75. The van der Waals surface area contributed by atoms with Crippen molar-refractivity contribution in [3.63, 3.8) is 0 Å². The minimum Gasteiger partial charge on any atom is -0.497 e. The molecule has 0 N–H and O–H groups in total. The van der Waals surface area contributed by atoms with Crippen molar-refractivity contribution in [1.82, 2.24) is 14.5 Å². The highest BCUT2D eigenvalue weighted by molar-refractivity contribution is 7.98. The number of hydrogen-bond acceptors (Lipinski definition) is 7. The van der Waals surface area contributed by atoms with E-state index in [4.69, 9.17) is 9.15 Å². The second-order valence-electron chi connectivity index (χ2n) is 7.00. The van der Waals surface area contributed by atoms with Crippen molar-refractivity contribution in [2.45, 2.75) is 35.1 Å². The first-order valence-corrected chi connectivity index (χ1v) is 12.2. The van der Waals surface area contributed by atoms with Gasteiger partial charge in [-0.05, 0) is 48.7 Å². The van der Waals surface area contributed by atoms with Crippen LogP contribution < -0.4 is 4.74 Å². The standard InChI is InChI=1S/C21H23N3O4S2/c1-27-18-10-8-16(9-11-18)15-29-21-23-22-20(28-21)17-6-5-7-19(14-17)30(25,26)24-12-3-2-4-13-24/h5-11,14H,2-4,12-13,15H2,1H3. The average Bonchev–Trinajstić information content (AvgIpc) is 3.28. The summed E-state index contributed by atoms with van der Waals surface area (Å²) >= 11 is 1.43. The zero-order valence-electron chi connectivity index (χ0n) is 16.7. The van der Waals surface area contributed by atoms with E-state index in [1.54, 1.807) is 35.7 Å². The van der Waals surface area contributed by atoms with Gasteiger partial charge in [0.25, 0.3) is 5.22 Å². The van der Waals surface area contributed by atoms with Gasteiger partial charge in [0.2, 0.25) is 15.9 Å². The lowest BCUT2D eigenvalue weighted by Crippen LogP contribution is -2.35.